The molecule has 5 heteroatoms. The average molecular weight is 324 g/mol. The van der Waals surface area contributed by atoms with Gasteiger partial charge in [-0.25, -0.2) is 0 Å². The van der Waals surface area contributed by atoms with Crippen LogP contribution in [0.1, 0.15) is 29.8 Å². The number of amides is 2. The highest BCUT2D eigenvalue weighted by Gasteiger charge is 2.20. The molecule has 0 aliphatic carbocycles. The summed E-state index contributed by atoms with van der Waals surface area (Å²) in [6.45, 7) is 2.87. The van der Waals surface area contributed by atoms with Gasteiger partial charge in [0.05, 0.1) is 0 Å². The number of hydrogen-bond acceptors (Lipinski definition) is 3. The summed E-state index contributed by atoms with van der Waals surface area (Å²) >= 11 is 0. The smallest absolute Gasteiger partial charge is 0.247 e. The van der Waals surface area contributed by atoms with Crippen LogP contribution in [0, 0.1) is 0 Å². The van der Waals surface area contributed by atoms with Gasteiger partial charge < -0.3 is 10.6 Å². The molecule has 24 heavy (non-hydrogen) atoms. The molecule has 2 aromatic carbocycles. The summed E-state index contributed by atoms with van der Waals surface area (Å²) in [5.41, 5.74) is 2.11. The fourth-order valence-corrected chi connectivity index (χ4v) is 2.32. The third-order valence-corrected chi connectivity index (χ3v) is 3.54. The first-order valence-corrected chi connectivity index (χ1v) is 7.68. The van der Waals surface area contributed by atoms with Gasteiger partial charge in [0.2, 0.25) is 11.8 Å². The molecule has 0 aliphatic rings. The van der Waals surface area contributed by atoms with E-state index >= 15 is 0 Å². The molecular formula is C19H20N2O3. The van der Waals surface area contributed by atoms with E-state index in [2.05, 4.69) is 10.6 Å². The normalized spacial score (nSPS) is 11.4. The monoisotopic (exact) mass is 324 g/mol. The Balaban J connectivity index is 2.09. The molecule has 0 aromatic heterocycles. The molecule has 0 aliphatic heterocycles. The minimum atomic E-state index is -0.669. The SMILES string of the molecule is CC(=O)N[C@@H](Cc1ccccc1)C(=O)Nc1ccc(C(C)=O)cc1. The van der Waals surface area contributed by atoms with Crippen LogP contribution in [0.15, 0.2) is 54.6 Å². The number of ketones is 1. The third-order valence-electron chi connectivity index (χ3n) is 3.54. The number of carbonyl (C=O) groups excluding carboxylic acids is 3. The van der Waals surface area contributed by atoms with Gasteiger partial charge in [0.1, 0.15) is 6.04 Å². The lowest BCUT2D eigenvalue weighted by molar-refractivity contribution is -0.125. The second kappa shape index (κ2) is 8.06. The van der Waals surface area contributed by atoms with Crippen molar-refractivity contribution in [2.24, 2.45) is 0 Å². The largest absolute Gasteiger partial charge is 0.344 e. The summed E-state index contributed by atoms with van der Waals surface area (Å²) in [5.74, 6) is -0.601. The van der Waals surface area contributed by atoms with E-state index in [1.54, 1.807) is 24.3 Å². The standard InChI is InChI=1S/C19H20N2O3/c1-13(22)16-8-10-17(11-9-16)21-19(24)18(20-14(2)23)12-15-6-4-3-5-7-15/h3-11,18H,12H2,1-2H3,(H,20,23)(H,21,24)/t18-/m0/s1. The van der Waals surface area contributed by atoms with Gasteiger partial charge in [-0.1, -0.05) is 30.3 Å². The van der Waals surface area contributed by atoms with Gasteiger partial charge >= 0.3 is 0 Å². The van der Waals surface area contributed by atoms with Crippen molar-refractivity contribution in [2.75, 3.05) is 5.32 Å². The van der Waals surface area contributed by atoms with Crippen molar-refractivity contribution in [2.45, 2.75) is 26.3 Å². The van der Waals surface area contributed by atoms with Gasteiger partial charge in [0.15, 0.2) is 5.78 Å². The highest BCUT2D eigenvalue weighted by Crippen LogP contribution is 2.12. The first-order valence-electron chi connectivity index (χ1n) is 7.68. The summed E-state index contributed by atoms with van der Waals surface area (Å²) in [7, 11) is 0. The molecule has 0 fully saturated rings. The molecule has 0 saturated carbocycles. The second-order valence-corrected chi connectivity index (χ2v) is 5.57. The molecule has 2 N–H and O–H groups in total. The fourth-order valence-electron chi connectivity index (χ4n) is 2.32. The zero-order chi connectivity index (χ0) is 17.5. The van der Waals surface area contributed by atoms with Crippen LogP contribution in [-0.2, 0) is 16.0 Å². The predicted molar refractivity (Wildman–Crippen MR) is 92.8 cm³/mol. The van der Waals surface area contributed by atoms with Crippen LogP contribution >= 0.6 is 0 Å². The maximum atomic E-state index is 12.5. The van der Waals surface area contributed by atoms with E-state index in [1.165, 1.54) is 13.8 Å². The van der Waals surface area contributed by atoms with Gasteiger partial charge in [0, 0.05) is 24.6 Å². The minimum Gasteiger partial charge on any atom is -0.344 e. The molecule has 0 unspecified atom stereocenters. The maximum absolute atomic E-state index is 12.5. The molecule has 0 radical (unpaired) electrons. The Bertz CT molecular complexity index is 724. The molecule has 2 aromatic rings. The Labute approximate surface area is 141 Å². The average Bonchev–Trinajstić information content (AvgIpc) is 2.55. The number of rotatable bonds is 6. The Morgan fingerprint density at radius 2 is 1.54 bits per heavy atom. The van der Waals surface area contributed by atoms with Crippen LogP contribution in [0.2, 0.25) is 0 Å². The lowest BCUT2D eigenvalue weighted by atomic mass is 10.0. The van der Waals surface area contributed by atoms with Gasteiger partial charge in [-0.2, -0.15) is 0 Å². The molecule has 0 spiro atoms. The number of benzene rings is 2. The van der Waals surface area contributed by atoms with Gasteiger partial charge in [-0.05, 0) is 36.8 Å². The van der Waals surface area contributed by atoms with Crippen LogP contribution in [0.4, 0.5) is 5.69 Å². The summed E-state index contributed by atoms with van der Waals surface area (Å²) in [4.78, 5) is 35.1. The highest BCUT2D eigenvalue weighted by atomic mass is 16.2. The van der Waals surface area contributed by atoms with Crippen LogP contribution < -0.4 is 10.6 Å². The maximum Gasteiger partial charge on any atom is 0.247 e. The van der Waals surface area contributed by atoms with E-state index in [9.17, 15) is 14.4 Å². The Morgan fingerprint density at radius 3 is 2.08 bits per heavy atom. The lowest BCUT2D eigenvalue weighted by Gasteiger charge is -2.18. The molecule has 0 bridgehead atoms. The zero-order valence-electron chi connectivity index (χ0n) is 13.7. The summed E-state index contributed by atoms with van der Waals surface area (Å²) in [6.07, 6.45) is 0.401. The van der Waals surface area contributed by atoms with Crippen LogP contribution in [-0.4, -0.2) is 23.6 Å². The van der Waals surface area contributed by atoms with Crippen molar-refractivity contribution in [1.29, 1.82) is 0 Å². The zero-order valence-corrected chi connectivity index (χ0v) is 13.7. The number of anilines is 1. The molecule has 0 saturated heterocycles. The predicted octanol–water partition coefficient (Wildman–Crippen LogP) is 2.58. The van der Waals surface area contributed by atoms with Crippen molar-refractivity contribution in [1.82, 2.24) is 5.32 Å². The van der Waals surface area contributed by atoms with E-state index in [0.29, 0.717) is 17.7 Å². The van der Waals surface area contributed by atoms with E-state index in [1.807, 2.05) is 30.3 Å². The van der Waals surface area contributed by atoms with E-state index in [-0.39, 0.29) is 17.6 Å². The number of nitrogens with one attached hydrogen (secondary N) is 2. The molecular weight excluding hydrogens is 304 g/mol. The van der Waals surface area contributed by atoms with Gasteiger partial charge in [-0.15, -0.1) is 0 Å². The second-order valence-electron chi connectivity index (χ2n) is 5.57. The Morgan fingerprint density at radius 1 is 0.917 bits per heavy atom. The van der Waals surface area contributed by atoms with Crippen LogP contribution in [0.5, 0.6) is 0 Å². The molecule has 2 amide bonds. The quantitative estimate of drug-likeness (QED) is 0.802. The van der Waals surface area contributed by atoms with Crippen LogP contribution in [0.25, 0.3) is 0 Å². The fraction of sp³-hybridized carbons (Fsp3) is 0.211. The highest BCUT2D eigenvalue weighted by molar-refractivity contribution is 5.98. The molecule has 124 valence electrons. The summed E-state index contributed by atoms with van der Waals surface area (Å²) < 4.78 is 0. The van der Waals surface area contributed by atoms with E-state index < -0.39 is 6.04 Å². The summed E-state index contributed by atoms with van der Waals surface area (Å²) in [6, 6.07) is 15.5. The Kier molecular flexibility index (Phi) is 5.84. The van der Waals surface area contributed by atoms with Crippen molar-refractivity contribution in [3.05, 3.63) is 65.7 Å². The molecule has 1 atom stereocenters. The molecule has 0 heterocycles. The van der Waals surface area contributed by atoms with Gasteiger partial charge in [0.25, 0.3) is 0 Å². The molecule has 5 nitrogen and oxygen atoms in total. The lowest BCUT2D eigenvalue weighted by Crippen LogP contribution is -2.44. The minimum absolute atomic E-state index is 0.0342. The van der Waals surface area contributed by atoms with Crippen molar-refractivity contribution in [3.8, 4) is 0 Å². The van der Waals surface area contributed by atoms with Crippen molar-refractivity contribution in [3.63, 3.8) is 0 Å². The number of carbonyl (C=O) groups is 3. The molecule has 2 rings (SSSR count). The van der Waals surface area contributed by atoms with Crippen LogP contribution in [0.3, 0.4) is 0 Å². The third kappa shape index (κ3) is 5.05. The number of hydrogen-bond donors (Lipinski definition) is 2. The first-order chi connectivity index (χ1) is 11.5. The Hall–Kier alpha value is -2.95. The van der Waals surface area contributed by atoms with E-state index in [4.69, 9.17) is 0 Å². The number of Topliss-reactive ketones (excluding diaryl/α,β-unsaturated/α-hetero) is 1. The van der Waals surface area contributed by atoms with Gasteiger partial charge in [-0.3, -0.25) is 14.4 Å². The van der Waals surface area contributed by atoms with Crippen molar-refractivity contribution < 1.29 is 14.4 Å². The van der Waals surface area contributed by atoms with Crippen molar-refractivity contribution >= 4 is 23.3 Å². The van der Waals surface area contributed by atoms with E-state index in [0.717, 1.165) is 5.56 Å². The first kappa shape index (κ1) is 17.4. The topological polar surface area (TPSA) is 75.3 Å². The summed E-state index contributed by atoms with van der Waals surface area (Å²) in [5, 5.41) is 5.44.